The maximum atomic E-state index is 13.6. The van der Waals surface area contributed by atoms with Crippen molar-refractivity contribution in [2.75, 3.05) is 0 Å². The van der Waals surface area contributed by atoms with Crippen molar-refractivity contribution in [3.05, 3.63) is 59.1 Å². The van der Waals surface area contributed by atoms with Gasteiger partial charge in [-0.1, -0.05) is 18.7 Å². The molecule has 0 fully saturated rings. The summed E-state index contributed by atoms with van der Waals surface area (Å²) in [7, 11) is 0. The number of hydrogen-bond donors (Lipinski definition) is 0. The molecule has 0 amide bonds. The van der Waals surface area contributed by atoms with E-state index in [-0.39, 0.29) is 5.56 Å². The van der Waals surface area contributed by atoms with Gasteiger partial charge in [0.15, 0.2) is 5.65 Å². The van der Waals surface area contributed by atoms with Crippen molar-refractivity contribution < 1.29 is 26.3 Å². The van der Waals surface area contributed by atoms with Crippen LogP contribution in [0.3, 0.4) is 0 Å². The van der Waals surface area contributed by atoms with Crippen LogP contribution < -0.4 is 0 Å². The number of fused-ring (bicyclic) bond motifs is 1. The molecule has 0 saturated carbocycles. The molecule has 1 aromatic carbocycles. The smallest absolute Gasteiger partial charge is 0.220 e. The number of nitrogens with zero attached hydrogens (tertiary/aromatic N) is 3. The Bertz CT molecular complexity index is 1040. The van der Waals surface area contributed by atoms with Crippen LogP contribution in [0.2, 0.25) is 0 Å². The van der Waals surface area contributed by atoms with E-state index in [4.69, 9.17) is 0 Å². The summed E-state index contributed by atoms with van der Waals surface area (Å²) in [5, 5.41) is 3.27. The fraction of sp³-hybridized carbons (Fsp3) is 0.222. The van der Waals surface area contributed by atoms with Crippen LogP contribution in [0.5, 0.6) is 0 Å². The van der Waals surface area contributed by atoms with Gasteiger partial charge in [0.05, 0.1) is 5.56 Å². The monoisotopic (exact) mass is 385 g/mol. The highest BCUT2D eigenvalue weighted by molar-refractivity contribution is 5.83. The molecule has 3 aromatic rings. The summed E-state index contributed by atoms with van der Waals surface area (Å²) < 4.78 is 80.3. The third-order valence-corrected chi connectivity index (χ3v) is 4.28. The van der Waals surface area contributed by atoms with Crippen molar-refractivity contribution in [2.24, 2.45) is 0 Å². The summed E-state index contributed by atoms with van der Waals surface area (Å²) in [5.41, 5.74) is 0.0894. The second kappa shape index (κ2) is 6.11. The summed E-state index contributed by atoms with van der Waals surface area (Å²) in [6.07, 6.45) is -7.37. The zero-order valence-corrected chi connectivity index (χ0v) is 14.2. The molecule has 0 bridgehead atoms. The van der Waals surface area contributed by atoms with Gasteiger partial charge in [0, 0.05) is 11.8 Å². The molecule has 9 heteroatoms. The van der Waals surface area contributed by atoms with E-state index in [0.29, 0.717) is 21.7 Å². The Morgan fingerprint density at radius 2 is 1.70 bits per heavy atom. The van der Waals surface area contributed by atoms with Crippen LogP contribution in [-0.2, 0) is 12.4 Å². The normalized spacial score (nSPS) is 12.6. The molecule has 0 unspecified atom stereocenters. The minimum atomic E-state index is -4.88. The van der Waals surface area contributed by atoms with Gasteiger partial charge in [-0.15, -0.1) is 5.10 Å². The minimum absolute atomic E-state index is 0.0899. The first-order chi connectivity index (χ1) is 12.4. The number of hydrogen-bond acceptors (Lipinski definition) is 2. The molecule has 0 saturated heterocycles. The molecule has 0 radical (unpaired) electrons. The van der Waals surface area contributed by atoms with Crippen LogP contribution in [0.1, 0.15) is 28.1 Å². The van der Waals surface area contributed by atoms with Gasteiger partial charge < -0.3 is 0 Å². The van der Waals surface area contributed by atoms with Crippen molar-refractivity contribution in [3.8, 4) is 11.1 Å². The second-order valence-electron chi connectivity index (χ2n) is 6.02. The number of aromatic nitrogens is 3. The zero-order valence-electron chi connectivity index (χ0n) is 14.2. The van der Waals surface area contributed by atoms with E-state index < -0.39 is 35.0 Å². The molecule has 0 aliphatic heterocycles. The quantitative estimate of drug-likeness (QED) is 0.530. The van der Waals surface area contributed by atoms with Gasteiger partial charge in [-0.2, -0.15) is 26.3 Å². The average molecular weight is 385 g/mol. The third-order valence-electron chi connectivity index (χ3n) is 4.28. The number of pyridine rings is 1. The van der Waals surface area contributed by atoms with Crippen LogP contribution in [0, 0.1) is 13.8 Å². The molecule has 2 heterocycles. The molecule has 0 spiro atoms. The Balaban J connectivity index is 2.43. The maximum Gasteiger partial charge on any atom is 0.453 e. The molecule has 0 aliphatic carbocycles. The lowest BCUT2D eigenvalue weighted by Gasteiger charge is -2.16. The van der Waals surface area contributed by atoms with Gasteiger partial charge in [0.1, 0.15) is 0 Å². The molecule has 0 atom stereocenters. The van der Waals surface area contributed by atoms with E-state index in [2.05, 4.69) is 16.7 Å². The van der Waals surface area contributed by atoms with Crippen molar-refractivity contribution in [3.63, 3.8) is 0 Å². The first kappa shape index (κ1) is 18.9. The molecule has 0 N–H and O–H groups in total. The third kappa shape index (κ3) is 3.29. The van der Waals surface area contributed by atoms with E-state index in [1.165, 1.54) is 18.2 Å². The van der Waals surface area contributed by atoms with Crippen LogP contribution in [0.25, 0.3) is 22.9 Å². The lowest BCUT2D eigenvalue weighted by molar-refractivity contribution is -0.144. The summed E-state index contributed by atoms with van der Waals surface area (Å²) >= 11 is 0. The molecule has 142 valence electrons. The Labute approximate surface area is 150 Å². The molecule has 27 heavy (non-hydrogen) atoms. The van der Waals surface area contributed by atoms with Gasteiger partial charge in [-0.25, -0.2) is 9.50 Å². The zero-order chi connectivity index (χ0) is 20.1. The minimum Gasteiger partial charge on any atom is -0.220 e. The van der Waals surface area contributed by atoms with E-state index in [1.54, 1.807) is 13.8 Å². The van der Waals surface area contributed by atoms with Crippen molar-refractivity contribution in [2.45, 2.75) is 26.2 Å². The highest BCUT2D eigenvalue weighted by Gasteiger charge is 2.39. The first-order valence-electron chi connectivity index (χ1n) is 7.71. The fourth-order valence-corrected chi connectivity index (χ4v) is 2.83. The van der Waals surface area contributed by atoms with Crippen LogP contribution in [-0.4, -0.2) is 14.6 Å². The van der Waals surface area contributed by atoms with Crippen molar-refractivity contribution >= 4 is 11.7 Å². The highest BCUT2D eigenvalue weighted by Crippen LogP contribution is 2.40. The predicted molar refractivity (Wildman–Crippen MR) is 88.0 cm³/mol. The summed E-state index contributed by atoms with van der Waals surface area (Å²) in [4.78, 5) is 3.34. The number of benzene rings is 1. The average Bonchev–Trinajstić information content (AvgIpc) is 3.00. The SMILES string of the molecule is C=Cc1cc(-c2c(C(F)(F)F)ccn3nc(C(F)(F)F)nc23)cc(C)c1C. The van der Waals surface area contributed by atoms with Gasteiger partial charge in [0.2, 0.25) is 0 Å². The van der Waals surface area contributed by atoms with Gasteiger partial charge in [-0.3, -0.25) is 0 Å². The summed E-state index contributed by atoms with van der Waals surface area (Å²) in [5.74, 6) is -1.50. The first-order valence-corrected chi connectivity index (χ1v) is 7.71. The number of rotatable bonds is 2. The molecule has 0 aliphatic rings. The summed E-state index contributed by atoms with van der Waals surface area (Å²) in [6, 6.07) is 3.62. The predicted octanol–water partition coefficient (Wildman–Crippen LogP) is 5.69. The molecular weight excluding hydrogens is 372 g/mol. The van der Waals surface area contributed by atoms with Crippen LogP contribution in [0.15, 0.2) is 31.0 Å². The molecule has 2 aromatic heterocycles. The van der Waals surface area contributed by atoms with E-state index >= 15 is 0 Å². The standard InChI is InChI=1S/C18H13F6N3/c1-4-11-8-12(7-9(2)10(11)3)14-13(17(19,20)21)5-6-27-15(14)25-16(26-27)18(22,23)24/h4-8H,1H2,2-3H3. The Morgan fingerprint density at radius 3 is 2.26 bits per heavy atom. The van der Waals surface area contributed by atoms with E-state index in [0.717, 1.165) is 11.8 Å². The highest BCUT2D eigenvalue weighted by atomic mass is 19.4. The van der Waals surface area contributed by atoms with Crippen molar-refractivity contribution in [1.29, 1.82) is 0 Å². The maximum absolute atomic E-state index is 13.6. The topological polar surface area (TPSA) is 30.2 Å². The van der Waals surface area contributed by atoms with E-state index in [9.17, 15) is 26.3 Å². The number of aryl methyl sites for hydroxylation is 1. The second-order valence-corrected chi connectivity index (χ2v) is 6.02. The summed E-state index contributed by atoms with van der Waals surface area (Å²) in [6.45, 7) is 7.11. The van der Waals surface area contributed by atoms with Crippen molar-refractivity contribution in [1.82, 2.24) is 14.6 Å². The Morgan fingerprint density at radius 1 is 1.04 bits per heavy atom. The largest absolute Gasteiger partial charge is 0.453 e. The molecule has 3 nitrogen and oxygen atoms in total. The Hall–Kier alpha value is -2.84. The van der Waals surface area contributed by atoms with Crippen LogP contribution >= 0.6 is 0 Å². The lowest BCUT2D eigenvalue weighted by Crippen LogP contribution is -2.09. The molecule has 3 rings (SSSR count). The molecular formula is C18H13F6N3. The van der Waals surface area contributed by atoms with Gasteiger partial charge >= 0.3 is 12.4 Å². The number of alkyl halides is 6. The fourth-order valence-electron chi connectivity index (χ4n) is 2.83. The van der Waals surface area contributed by atoms with Gasteiger partial charge in [0.25, 0.3) is 5.82 Å². The van der Waals surface area contributed by atoms with Gasteiger partial charge in [-0.05, 0) is 48.2 Å². The Kier molecular flexibility index (Phi) is 4.28. The lowest BCUT2D eigenvalue weighted by atomic mass is 9.93. The number of halogens is 6. The van der Waals surface area contributed by atoms with E-state index in [1.807, 2.05) is 0 Å². The van der Waals surface area contributed by atoms with Crippen LogP contribution in [0.4, 0.5) is 26.3 Å².